The molecule has 1 aliphatic heterocycles. The Hall–Kier alpha value is -0.550. The molecular formula is C11H16Cl2N2O2. The summed E-state index contributed by atoms with van der Waals surface area (Å²) in [4.78, 5) is 3.96. The molecule has 2 heterocycles. The van der Waals surface area contributed by atoms with Crippen molar-refractivity contribution in [1.82, 2.24) is 10.3 Å². The smallest absolute Gasteiger partial charge is 0.138 e. The van der Waals surface area contributed by atoms with E-state index >= 15 is 0 Å². The standard InChI is InChI=1S/C11H15ClN2O2.ClH/c12-11-9(6-15)3-10(5-14-11)16-7-8-1-2-13-4-8;/h3,5,8,13,15H,1-2,4,6-7H2;1H/t8-;/m0./s1. The van der Waals surface area contributed by atoms with Gasteiger partial charge < -0.3 is 15.2 Å². The van der Waals surface area contributed by atoms with Crippen molar-refractivity contribution < 1.29 is 9.84 Å². The van der Waals surface area contributed by atoms with Crippen molar-refractivity contribution in [3.63, 3.8) is 0 Å². The molecule has 1 aromatic rings. The number of ether oxygens (including phenoxy) is 1. The zero-order valence-electron chi connectivity index (χ0n) is 9.36. The highest BCUT2D eigenvalue weighted by Crippen LogP contribution is 2.20. The first-order chi connectivity index (χ1) is 7.79. The predicted molar refractivity (Wildman–Crippen MR) is 68.9 cm³/mol. The second-order valence-electron chi connectivity index (χ2n) is 3.95. The van der Waals surface area contributed by atoms with Crippen LogP contribution in [0.1, 0.15) is 12.0 Å². The summed E-state index contributed by atoms with van der Waals surface area (Å²) in [6.07, 6.45) is 2.73. The van der Waals surface area contributed by atoms with Gasteiger partial charge in [0.15, 0.2) is 0 Å². The van der Waals surface area contributed by atoms with Gasteiger partial charge in [0.1, 0.15) is 10.9 Å². The number of rotatable bonds is 4. The van der Waals surface area contributed by atoms with Gasteiger partial charge in [-0.05, 0) is 19.0 Å². The summed E-state index contributed by atoms with van der Waals surface area (Å²) in [6.45, 7) is 2.64. The maximum atomic E-state index is 9.03. The first-order valence-corrected chi connectivity index (χ1v) is 5.76. The number of aromatic nitrogens is 1. The Labute approximate surface area is 112 Å². The first kappa shape index (κ1) is 14.5. The van der Waals surface area contributed by atoms with Crippen LogP contribution in [0.4, 0.5) is 0 Å². The van der Waals surface area contributed by atoms with E-state index in [4.69, 9.17) is 21.4 Å². The van der Waals surface area contributed by atoms with E-state index in [0.717, 1.165) is 19.5 Å². The van der Waals surface area contributed by atoms with Crippen molar-refractivity contribution >= 4 is 24.0 Å². The third-order valence-electron chi connectivity index (χ3n) is 2.71. The van der Waals surface area contributed by atoms with Gasteiger partial charge in [0.2, 0.25) is 0 Å². The lowest BCUT2D eigenvalue weighted by Gasteiger charge is -2.11. The SMILES string of the molecule is Cl.OCc1cc(OC[C@H]2CCNC2)cnc1Cl. The van der Waals surface area contributed by atoms with Crippen molar-refractivity contribution in [3.8, 4) is 5.75 Å². The van der Waals surface area contributed by atoms with Gasteiger partial charge in [-0.25, -0.2) is 4.98 Å². The van der Waals surface area contributed by atoms with Crippen LogP contribution in [-0.4, -0.2) is 29.8 Å². The lowest BCUT2D eigenvalue weighted by Crippen LogP contribution is -2.15. The highest BCUT2D eigenvalue weighted by molar-refractivity contribution is 6.30. The molecule has 0 aromatic carbocycles. The number of aliphatic hydroxyl groups is 1. The summed E-state index contributed by atoms with van der Waals surface area (Å²) in [5.41, 5.74) is 0.601. The zero-order valence-corrected chi connectivity index (χ0v) is 10.9. The average Bonchev–Trinajstić information content (AvgIpc) is 2.81. The van der Waals surface area contributed by atoms with E-state index in [1.165, 1.54) is 0 Å². The number of aliphatic hydroxyl groups excluding tert-OH is 1. The molecule has 0 radical (unpaired) electrons. The van der Waals surface area contributed by atoms with Gasteiger partial charge in [-0.1, -0.05) is 11.6 Å². The topological polar surface area (TPSA) is 54.4 Å². The Balaban J connectivity index is 0.00000144. The maximum absolute atomic E-state index is 9.03. The van der Waals surface area contributed by atoms with Crippen LogP contribution >= 0.6 is 24.0 Å². The Kier molecular flexibility index (Phi) is 5.98. The molecule has 0 amide bonds. The minimum Gasteiger partial charge on any atom is -0.492 e. The van der Waals surface area contributed by atoms with Crippen LogP contribution in [0.5, 0.6) is 5.75 Å². The number of halogens is 2. The molecule has 2 rings (SSSR count). The van der Waals surface area contributed by atoms with Crippen molar-refractivity contribution in [2.24, 2.45) is 5.92 Å². The number of nitrogens with one attached hydrogen (secondary N) is 1. The van der Waals surface area contributed by atoms with Gasteiger partial charge in [0, 0.05) is 18.0 Å². The monoisotopic (exact) mass is 278 g/mol. The summed E-state index contributed by atoms with van der Waals surface area (Å²) in [6, 6.07) is 1.73. The van der Waals surface area contributed by atoms with Crippen LogP contribution in [0.15, 0.2) is 12.3 Å². The van der Waals surface area contributed by atoms with E-state index in [2.05, 4.69) is 10.3 Å². The Morgan fingerprint density at radius 2 is 2.41 bits per heavy atom. The van der Waals surface area contributed by atoms with E-state index in [-0.39, 0.29) is 19.0 Å². The quantitative estimate of drug-likeness (QED) is 0.823. The fourth-order valence-corrected chi connectivity index (χ4v) is 1.90. The molecule has 2 N–H and O–H groups in total. The van der Waals surface area contributed by atoms with Crippen molar-refractivity contribution in [3.05, 3.63) is 23.0 Å². The highest BCUT2D eigenvalue weighted by Gasteiger charge is 2.15. The van der Waals surface area contributed by atoms with Crippen molar-refractivity contribution in [2.45, 2.75) is 13.0 Å². The maximum Gasteiger partial charge on any atom is 0.138 e. The van der Waals surface area contributed by atoms with Crippen LogP contribution in [-0.2, 0) is 6.61 Å². The van der Waals surface area contributed by atoms with Crippen LogP contribution in [0.2, 0.25) is 5.15 Å². The van der Waals surface area contributed by atoms with Crippen LogP contribution < -0.4 is 10.1 Å². The van der Waals surface area contributed by atoms with Crippen LogP contribution in [0, 0.1) is 5.92 Å². The summed E-state index contributed by atoms with van der Waals surface area (Å²) < 4.78 is 5.62. The molecule has 17 heavy (non-hydrogen) atoms. The predicted octanol–water partition coefficient (Wildman–Crippen LogP) is 1.64. The molecule has 1 saturated heterocycles. The molecule has 6 heteroatoms. The number of hydrogen-bond acceptors (Lipinski definition) is 4. The number of hydrogen-bond donors (Lipinski definition) is 2. The van der Waals surface area contributed by atoms with E-state index in [1.807, 2.05) is 0 Å². The molecule has 96 valence electrons. The molecule has 1 aromatic heterocycles. The lowest BCUT2D eigenvalue weighted by atomic mass is 10.1. The molecule has 0 saturated carbocycles. The second kappa shape index (κ2) is 7.01. The van der Waals surface area contributed by atoms with Gasteiger partial charge in [-0.2, -0.15) is 0 Å². The van der Waals surface area contributed by atoms with Gasteiger partial charge in [0.05, 0.1) is 19.4 Å². The molecule has 0 unspecified atom stereocenters. The fraction of sp³-hybridized carbons (Fsp3) is 0.545. The average molecular weight is 279 g/mol. The highest BCUT2D eigenvalue weighted by atomic mass is 35.5. The first-order valence-electron chi connectivity index (χ1n) is 5.38. The minimum absolute atomic E-state index is 0. The Morgan fingerprint density at radius 3 is 3.06 bits per heavy atom. The van der Waals surface area contributed by atoms with E-state index in [1.54, 1.807) is 12.3 Å². The summed E-state index contributed by atoms with van der Waals surface area (Å²) in [7, 11) is 0. The Morgan fingerprint density at radius 1 is 1.59 bits per heavy atom. The zero-order chi connectivity index (χ0) is 11.4. The minimum atomic E-state index is -0.117. The van der Waals surface area contributed by atoms with E-state index < -0.39 is 0 Å². The summed E-state index contributed by atoms with van der Waals surface area (Å²) in [5.74, 6) is 1.23. The third-order valence-corrected chi connectivity index (χ3v) is 3.05. The fourth-order valence-electron chi connectivity index (χ4n) is 1.73. The van der Waals surface area contributed by atoms with Crippen LogP contribution in [0.25, 0.3) is 0 Å². The summed E-state index contributed by atoms with van der Waals surface area (Å²) >= 11 is 5.79. The molecule has 0 bridgehead atoms. The van der Waals surface area contributed by atoms with E-state index in [9.17, 15) is 0 Å². The van der Waals surface area contributed by atoms with Crippen LogP contribution in [0.3, 0.4) is 0 Å². The normalized spacial score (nSPS) is 18.8. The molecule has 4 nitrogen and oxygen atoms in total. The Bertz CT molecular complexity index is 357. The third kappa shape index (κ3) is 4.00. The molecular weight excluding hydrogens is 263 g/mol. The summed E-state index contributed by atoms with van der Waals surface area (Å²) in [5, 5.41) is 12.6. The van der Waals surface area contributed by atoms with E-state index in [0.29, 0.717) is 29.0 Å². The lowest BCUT2D eigenvalue weighted by molar-refractivity contribution is 0.255. The largest absolute Gasteiger partial charge is 0.492 e. The van der Waals surface area contributed by atoms with Gasteiger partial charge in [-0.3, -0.25) is 0 Å². The molecule has 1 aliphatic rings. The van der Waals surface area contributed by atoms with Gasteiger partial charge >= 0.3 is 0 Å². The molecule has 0 spiro atoms. The molecule has 0 aliphatic carbocycles. The number of pyridine rings is 1. The molecule has 1 fully saturated rings. The second-order valence-corrected chi connectivity index (χ2v) is 4.31. The van der Waals surface area contributed by atoms with Gasteiger partial charge in [-0.15, -0.1) is 12.4 Å². The molecule has 1 atom stereocenters. The number of nitrogens with zero attached hydrogens (tertiary/aromatic N) is 1. The van der Waals surface area contributed by atoms with Crippen molar-refractivity contribution in [2.75, 3.05) is 19.7 Å². The van der Waals surface area contributed by atoms with Crippen molar-refractivity contribution in [1.29, 1.82) is 0 Å². The van der Waals surface area contributed by atoms with Gasteiger partial charge in [0.25, 0.3) is 0 Å².